The molecular weight excluding hydrogens is 196 g/mol. The van der Waals surface area contributed by atoms with Gasteiger partial charge in [0.2, 0.25) is 0 Å². The lowest BCUT2D eigenvalue weighted by molar-refractivity contribution is 1.01. The first-order chi connectivity index (χ1) is 6.66. The Labute approximate surface area is 89.5 Å². The van der Waals surface area contributed by atoms with Gasteiger partial charge in [-0.3, -0.25) is 0 Å². The second kappa shape index (κ2) is 5.03. The van der Waals surface area contributed by atoms with Crippen LogP contribution >= 0.6 is 11.6 Å². The highest BCUT2D eigenvalue weighted by Gasteiger charge is 2.02. The molecule has 0 radical (unpaired) electrons. The number of hydrogen-bond acceptors (Lipinski definition) is 2. The summed E-state index contributed by atoms with van der Waals surface area (Å²) in [5, 5.41) is 0.721. The van der Waals surface area contributed by atoms with Crippen molar-refractivity contribution in [1.82, 2.24) is 0 Å². The second-order valence-corrected chi connectivity index (χ2v) is 3.54. The van der Waals surface area contributed by atoms with E-state index in [-0.39, 0.29) is 0 Å². The van der Waals surface area contributed by atoms with Gasteiger partial charge in [0.1, 0.15) is 0 Å². The fraction of sp³-hybridized carbons (Fsp3) is 0.273. The van der Waals surface area contributed by atoms with Crippen molar-refractivity contribution in [2.45, 2.75) is 13.3 Å². The predicted molar refractivity (Wildman–Crippen MR) is 63.3 cm³/mol. The lowest BCUT2D eigenvalue weighted by Gasteiger charge is -2.05. The minimum atomic E-state index is 0.655. The van der Waals surface area contributed by atoms with Gasteiger partial charge in [0.25, 0.3) is 0 Å². The zero-order valence-electron chi connectivity index (χ0n) is 8.26. The lowest BCUT2D eigenvalue weighted by Crippen LogP contribution is -1.95. The van der Waals surface area contributed by atoms with Crippen molar-refractivity contribution in [3.8, 4) is 0 Å². The maximum absolute atomic E-state index is 6.11. The predicted octanol–water partition coefficient (Wildman–Crippen LogP) is 2.59. The number of rotatable bonds is 3. The van der Waals surface area contributed by atoms with E-state index in [0.29, 0.717) is 6.54 Å². The zero-order valence-corrected chi connectivity index (χ0v) is 9.01. The standard InChI is InChI=1S/C11H15ClN2/c1-8-10(14)6-5-9(11(8)12)4-2-3-7-13/h2,4-6H,3,7,13-14H2,1H3. The highest BCUT2D eigenvalue weighted by molar-refractivity contribution is 6.33. The molecule has 1 aromatic carbocycles. The molecule has 76 valence electrons. The van der Waals surface area contributed by atoms with E-state index in [1.165, 1.54) is 0 Å². The van der Waals surface area contributed by atoms with E-state index in [4.69, 9.17) is 23.1 Å². The Bertz CT molecular complexity index is 345. The van der Waals surface area contributed by atoms with Crippen molar-refractivity contribution in [2.24, 2.45) is 5.73 Å². The van der Waals surface area contributed by atoms with Gasteiger partial charge >= 0.3 is 0 Å². The van der Waals surface area contributed by atoms with Crippen LogP contribution in [0.1, 0.15) is 17.5 Å². The largest absolute Gasteiger partial charge is 0.398 e. The van der Waals surface area contributed by atoms with Gasteiger partial charge in [-0.25, -0.2) is 0 Å². The van der Waals surface area contributed by atoms with Crippen LogP contribution in [0.25, 0.3) is 6.08 Å². The van der Waals surface area contributed by atoms with E-state index in [0.717, 1.165) is 28.3 Å². The third-order valence-electron chi connectivity index (χ3n) is 2.09. The first-order valence-corrected chi connectivity index (χ1v) is 4.95. The minimum Gasteiger partial charge on any atom is -0.398 e. The van der Waals surface area contributed by atoms with Gasteiger partial charge in [0.15, 0.2) is 0 Å². The molecule has 0 bridgehead atoms. The molecule has 2 nitrogen and oxygen atoms in total. The summed E-state index contributed by atoms with van der Waals surface area (Å²) < 4.78 is 0. The number of hydrogen-bond donors (Lipinski definition) is 2. The fourth-order valence-electron chi connectivity index (χ4n) is 1.16. The van der Waals surface area contributed by atoms with Crippen LogP contribution in [-0.4, -0.2) is 6.54 Å². The van der Waals surface area contributed by atoms with E-state index in [1.807, 2.05) is 31.2 Å². The van der Waals surface area contributed by atoms with Crippen molar-refractivity contribution >= 4 is 23.4 Å². The van der Waals surface area contributed by atoms with Crippen LogP contribution in [0, 0.1) is 6.92 Å². The van der Waals surface area contributed by atoms with E-state index in [1.54, 1.807) is 0 Å². The Morgan fingerprint density at radius 3 is 2.79 bits per heavy atom. The first kappa shape index (κ1) is 11.1. The summed E-state index contributed by atoms with van der Waals surface area (Å²) in [4.78, 5) is 0. The molecule has 0 atom stereocenters. The molecule has 3 heteroatoms. The molecule has 0 spiro atoms. The summed E-state index contributed by atoms with van der Waals surface area (Å²) in [7, 11) is 0. The second-order valence-electron chi connectivity index (χ2n) is 3.16. The third-order valence-corrected chi connectivity index (χ3v) is 2.59. The van der Waals surface area contributed by atoms with Crippen molar-refractivity contribution in [3.05, 3.63) is 34.4 Å². The monoisotopic (exact) mass is 210 g/mol. The Balaban J connectivity index is 2.94. The third kappa shape index (κ3) is 2.50. The van der Waals surface area contributed by atoms with E-state index >= 15 is 0 Å². The molecule has 0 aromatic heterocycles. The molecular formula is C11H15ClN2. The Morgan fingerprint density at radius 1 is 1.43 bits per heavy atom. The Morgan fingerprint density at radius 2 is 2.14 bits per heavy atom. The number of nitrogen functional groups attached to an aromatic ring is 1. The summed E-state index contributed by atoms with van der Waals surface area (Å²) in [5.74, 6) is 0. The zero-order chi connectivity index (χ0) is 10.6. The van der Waals surface area contributed by atoms with Gasteiger partial charge in [0.05, 0.1) is 5.02 Å². The van der Waals surface area contributed by atoms with Crippen LogP contribution in [0.3, 0.4) is 0 Å². The van der Waals surface area contributed by atoms with Gasteiger partial charge in [-0.15, -0.1) is 0 Å². The van der Waals surface area contributed by atoms with Crippen molar-refractivity contribution in [3.63, 3.8) is 0 Å². The normalized spacial score (nSPS) is 11.1. The lowest BCUT2D eigenvalue weighted by atomic mass is 10.1. The fourth-order valence-corrected chi connectivity index (χ4v) is 1.39. The van der Waals surface area contributed by atoms with Crippen molar-refractivity contribution in [1.29, 1.82) is 0 Å². The molecule has 4 N–H and O–H groups in total. The minimum absolute atomic E-state index is 0.655. The first-order valence-electron chi connectivity index (χ1n) is 4.58. The molecule has 1 rings (SSSR count). The smallest absolute Gasteiger partial charge is 0.0527 e. The average molecular weight is 211 g/mol. The van der Waals surface area contributed by atoms with E-state index < -0.39 is 0 Å². The van der Waals surface area contributed by atoms with Gasteiger partial charge in [-0.05, 0) is 37.1 Å². The van der Waals surface area contributed by atoms with Crippen LogP contribution in [0.4, 0.5) is 5.69 Å². The molecule has 0 fully saturated rings. The highest BCUT2D eigenvalue weighted by Crippen LogP contribution is 2.26. The molecule has 0 saturated carbocycles. The summed E-state index contributed by atoms with van der Waals surface area (Å²) in [6, 6.07) is 3.78. The van der Waals surface area contributed by atoms with Crippen molar-refractivity contribution in [2.75, 3.05) is 12.3 Å². The van der Waals surface area contributed by atoms with Crippen LogP contribution in [0.5, 0.6) is 0 Å². The molecule has 0 aliphatic carbocycles. The number of halogens is 1. The van der Waals surface area contributed by atoms with Gasteiger partial charge in [-0.1, -0.05) is 29.8 Å². The SMILES string of the molecule is Cc1c(N)ccc(C=CCCN)c1Cl. The highest BCUT2D eigenvalue weighted by atomic mass is 35.5. The average Bonchev–Trinajstić information content (AvgIpc) is 2.18. The van der Waals surface area contributed by atoms with Gasteiger partial charge < -0.3 is 11.5 Å². The summed E-state index contributed by atoms with van der Waals surface area (Å²) >= 11 is 6.11. The molecule has 0 unspecified atom stereocenters. The molecule has 0 heterocycles. The van der Waals surface area contributed by atoms with Gasteiger partial charge in [0, 0.05) is 5.69 Å². The maximum Gasteiger partial charge on any atom is 0.0527 e. The summed E-state index contributed by atoms with van der Waals surface area (Å²) in [6.45, 7) is 2.57. The van der Waals surface area contributed by atoms with Gasteiger partial charge in [-0.2, -0.15) is 0 Å². The van der Waals surface area contributed by atoms with E-state index in [9.17, 15) is 0 Å². The molecule has 14 heavy (non-hydrogen) atoms. The van der Waals surface area contributed by atoms with Crippen molar-refractivity contribution < 1.29 is 0 Å². The molecule has 1 aromatic rings. The van der Waals surface area contributed by atoms with Crippen LogP contribution in [0.2, 0.25) is 5.02 Å². The summed E-state index contributed by atoms with van der Waals surface area (Å²) in [5.41, 5.74) is 13.7. The quantitative estimate of drug-likeness (QED) is 0.754. The maximum atomic E-state index is 6.11. The number of benzene rings is 1. The molecule has 0 aliphatic heterocycles. The molecule has 0 saturated heterocycles. The number of nitrogens with two attached hydrogens (primary N) is 2. The van der Waals surface area contributed by atoms with E-state index in [2.05, 4.69) is 0 Å². The summed E-state index contributed by atoms with van der Waals surface area (Å²) in [6.07, 6.45) is 4.85. The molecule has 0 aliphatic rings. The Kier molecular flexibility index (Phi) is 3.98. The topological polar surface area (TPSA) is 52.0 Å². The number of anilines is 1. The van der Waals surface area contributed by atoms with Crippen LogP contribution < -0.4 is 11.5 Å². The van der Waals surface area contributed by atoms with Crippen LogP contribution in [0.15, 0.2) is 18.2 Å². The molecule has 0 amide bonds. The Hall–Kier alpha value is -0.990. The van der Waals surface area contributed by atoms with Crippen LogP contribution in [-0.2, 0) is 0 Å².